The molecule has 0 saturated heterocycles. The van der Waals surface area contributed by atoms with Crippen LogP contribution in [-0.4, -0.2) is 29.5 Å². The largest absolute Gasteiger partial charge is 0.253 e. The van der Waals surface area contributed by atoms with Crippen molar-refractivity contribution in [3.8, 4) is 0 Å². The summed E-state index contributed by atoms with van der Waals surface area (Å²) in [4.78, 5) is 20.5. The van der Waals surface area contributed by atoms with Gasteiger partial charge in [0.25, 0.3) is 5.78 Å². The number of aryl methyl sites for hydroxylation is 3. The Kier molecular flexibility index (Phi) is 2.89. The van der Waals surface area contributed by atoms with E-state index in [-0.39, 0.29) is 0 Å². The molecule has 0 radical (unpaired) electrons. The first kappa shape index (κ1) is 13.4. The zero-order valence-corrected chi connectivity index (χ0v) is 14.0. The van der Waals surface area contributed by atoms with Gasteiger partial charge in [-0.3, -0.25) is 0 Å². The first-order valence-corrected chi connectivity index (χ1v) is 9.05. The van der Waals surface area contributed by atoms with Crippen LogP contribution in [0.4, 0.5) is 0 Å². The fourth-order valence-electron chi connectivity index (χ4n) is 2.98. The smallest absolute Gasteiger partial charge is 0.226 e. The first-order valence-electron chi connectivity index (χ1n) is 7.42. The van der Waals surface area contributed by atoms with Crippen LogP contribution in [0.15, 0.2) is 28.6 Å². The normalized spacial score (nSPS) is 14.0. The second kappa shape index (κ2) is 4.97. The minimum atomic E-state index is 0.604. The fraction of sp³-hybridized carbons (Fsp3) is 0.267. The van der Waals surface area contributed by atoms with Crippen LogP contribution in [0.25, 0.3) is 16.0 Å². The van der Waals surface area contributed by atoms with Crippen molar-refractivity contribution in [1.29, 1.82) is 0 Å². The molecule has 6 nitrogen and oxygen atoms in total. The zero-order chi connectivity index (χ0) is 15.4. The molecule has 0 amide bonds. The minimum absolute atomic E-state index is 0.604. The topological polar surface area (TPSA) is 68.9 Å². The summed E-state index contributed by atoms with van der Waals surface area (Å²) in [5.41, 5.74) is 1.43. The molecule has 4 aromatic rings. The van der Waals surface area contributed by atoms with Crippen LogP contribution in [0.2, 0.25) is 0 Å². The minimum Gasteiger partial charge on any atom is -0.226 e. The molecule has 0 atom stereocenters. The third-order valence-electron chi connectivity index (χ3n) is 3.93. The summed E-state index contributed by atoms with van der Waals surface area (Å²) < 4.78 is 1.69. The van der Waals surface area contributed by atoms with Crippen molar-refractivity contribution in [2.75, 3.05) is 0 Å². The van der Waals surface area contributed by atoms with E-state index in [1.807, 2.05) is 30.5 Å². The number of fused-ring (bicyclic) bond motifs is 4. The Labute approximate surface area is 140 Å². The fourth-order valence-corrected chi connectivity index (χ4v) is 5.28. The van der Waals surface area contributed by atoms with Crippen molar-refractivity contribution in [1.82, 2.24) is 29.5 Å². The van der Waals surface area contributed by atoms with Crippen molar-refractivity contribution in [3.05, 3.63) is 34.7 Å². The van der Waals surface area contributed by atoms with Crippen LogP contribution in [0.5, 0.6) is 0 Å². The van der Waals surface area contributed by atoms with Gasteiger partial charge in [0.15, 0.2) is 0 Å². The van der Waals surface area contributed by atoms with E-state index in [4.69, 9.17) is 0 Å². The van der Waals surface area contributed by atoms with Crippen LogP contribution in [0, 0.1) is 6.92 Å². The van der Waals surface area contributed by atoms with Gasteiger partial charge in [0, 0.05) is 22.7 Å². The van der Waals surface area contributed by atoms with E-state index in [0.717, 1.165) is 28.5 Å². The van der Waals surface area contributed by atoms with Crippen molar-refractivity contribution in [3.63, 3.8) is 0 Å². The monoisotopic (exact) mass is 340 g/mol. The SMILES string of the molecule is Cc1nc(Sc2nc3ncccn3n2)c2c3c(sc2n1)CCC3. The zero-order valence-electron chi connectivity index (χ0n) is 12.4. The highest BCUT2D eigenvalue weighted by Crippen LogP contribution is 2.41. The van der Waals surface area contributed by atoms with Crippen LogP contribution in [-0.2, 0) is 12.8 Å². The number of hydrogen-bond acceptors (Lipinski definition) is 7. The molecule has 0 fully saturated rings. The van der Waals surface area contributed by atoms with Crippen LogP contribution in [0.3, 0.4) is 0 Å². The van der Waals surface area contributed by atoms with E-state index < -0.39 is 0 Å². The highest BCUT2D eigenvalue weighted by molar-refractivity contribution is 7.99. The van der Waals surface area contributed by atoms with Crippen LogP contribution in [0.1, 0.15) is 22.7 Å². The molecular formula is C15H12N6S2. The van der Waals surface area contributed by atoms with Gasteiger partial charge in [-0.2, -0.15) is 4.98 Å². The lowest BCUT2D eigenvalue weighted by atomic mass is 10.2. The molecule has 0 unspecified atom stereocenters. The molecule has 1 aliphatic rings. The average Bonchev–Trinajstić information content (AvgIpc) is 3.19. The predicted octanol–water partition coefficient (Wildman–Crippen LogP) is 3.08. The average molecular weight is 340 g/mol. The van der Waals surface area contributed by atoms with Gasteiger partial charge < -0.3 is 0 Å². The number of nitrogens with zero attached hydrogens (tertiary/aromatic N) is 6. The maximum atomic E-state index is 4.67. The van der Waals surface area contributed by atoms with Crippen molar-refractivity contribution >= 4 is 39.1 Å². The molecule has 0 aliphatic heterocycles. The maximum Gasteiger partial charge on any atom is 0.253 e. The van der Waals surface area contributed by atoms with Crippen molar-refractivity contribution < 1.29 is 0 Å². The molecule has 0 aromatic carbocycles. The lowest BCUT2D eigenvalue weighted by Crippen LogP contribution is -1.92. The Morgan fingerprint density at radius 2 is 2.17 bits per heavy atom. The van der Waals surface area contributed by atoms with Gasteiger partial charge in [-0.25, -0.2) is 19.5 Å². The van der Waals surface area contributed by atoms with Crippen LogP contribution < -0.4 is 0 Å². The van der Waals surface area contributed by atoms with Gasteiger partial charge in [-0.1, -0.05) is 0 Å². The van der Waals surface area contributed by atoms with Gasteiger partial charge in [0.2, 0.25) is 5.16 Å². The summed E-state index contributed by atoms with van der Waals surface area (Å²) in [5, 5.41) is 7.30. The molecule has 0 bridgehead atoms. The molecule has 4 heterocycles. The van der Waals surface area contributed by atoms with E-state index in [1.54, 1.807) is 10.7 Å². The Hall–Kier alpha value is -2.06. The number of thiophene rings is 1. The van der Waals surface area contributed by atoms with E-state index >= 15 is 0 Å². The van der Waals surface area contributed by atoms with E-state index in [2.05, 4.69) is 25.0 Å². The van der Waals surface area contributed by atoms with Gasteiger partial charge in [-0.05, 0) is 49.6 Å². The van der Waals surface area contributed by atoms with E-state index in [1.165, 1.54) is 34.0 Å². The summed E-state index contributed by atoms with van der Waals surface area (Å²) in [6.07, 6.45) is 7.08. The van der Waals surface area contributed by atoms with Crippen LogP contribution >= 0.6 is 23.1 Å². The summed E-state index contributed by atoms with van der Waals surface area (Å²) in [6.45, 7) is 1.94. The Bertz CT molecular complexity index is 1020. The molecule has 0 spiro atoms. The third kappa shape index (κ3) is 2.13. The highest BCUT2D eigenvalue weighted by atomic mass is 32.2. The molecule has 23 heavy (non-hydrogen) atoms. The van der Waals surface area contributed by atoms with Gasteiger partial charge in [0.05, 0.1) is 0 Å². The van der Waals surface area contributed by atoms with E-state index in [9.17, 15) is 0 Å². The van der Waals surface area contributed by atoms with E-state index in [0.29, 0.717) is 10.9 Å². The second-order valence-corrected chi connectivity index (χ2v) is 7.51. The Morgan fingerprint density at radius 3 is 3.09 bits per heavy atom. The second-order valence-electron chi connectivity index (χ2n) is 5.47. The molecule has 8 heteroatoms. The predicted molar refractivity (Wildman–Crippen MR) is 89.1 cm³/mol. The molecule has 0 N–H and O–H groups in total. The molecule has 5 rings (SSSR count). The summed E-state index contributed by atoms with van der Waals surface area (Å²) in [6, 6.07) is 1.84. The first-order chi connectivity index (χ1) is 11.3. The quantitative estimate of drug-likeness (QED) is 0.522. The molecular weight excluding hydrogens is 328 g/mol. The summed E-state index contributed by atoms with van der Waals surface area (Å²) in [7, 11) is 0. The molecule has 114 valence electrons. The van der Waals surface area contributed by atoms with Gasteiger partial charge in [-0.15, -0.1) is 16.4 Å². The number of hydrogen-bond donors (Lipinski definition) is 0. The highest BCUT2D eigenvalue weighted by Gasteiger charge is 2.23. The molecule has 1 aliphatic carbocycles. The lowest BCUT2D eigenvalue weighted by molar-refractivity contribution is 0.876. The summed E-state index contributed by atoms with van der Waals surface area (Å²) >= 11 is 3.31. The number of aromatic nitrogens is 6. The Morgan fingerprint density at radius 1 is 1.22 bits per heavy atom. The third-order valence-corrected chi connectivity index (χ3v) is 5.96. The number of rotatable bonds is 2. The van der Waals surface area contributed by atoms with Crippen molar-refractivity contribution in [2.45, 2.75) is 36.4 Å². The summed E-state index contributed by atoms with van der Waals surface area (Å²) in [5.74, 6) is 1.40. The van der Waals surface area contributed by atoms with Gasteiger partial charge in [0.1, 0.15) is 15.7 Å². The molecule has 4 aromatic heterocycles. The standard InChI is InChI=1S/C15H12N6S2/c1-8-17-12-11(9-4-2-5-10(9)22-12)13(18-8)23-15-19-14-16-6-3-7-21(14)20-15/h3,6-7H,2,4-5H2,1H3. The Balaban J connectivity index is 1.67. The van der Waals surface area contributed by atoms with Crippen molar-refractivity contribution in [2.24, 2.45) is 0 Å². The van der Waals surface area contributed by atoms with Gasteiger partial charge >= 0.3 is 0 Å². The maximum absolute atomic E-state index is 4.67. The molecule has 0 saturated carbocycles. The lowest BCUT2D eigenvalue weighted by Gasteiger charge is -2.02.